The molecule has 0 unspecified atom stereocenters. The summed E-state index contributed by atoms with van der Waals surface area (Å²) >= 11 is 0. The van der Waals surface area contributed by atoms with Crippen molar-refractivity contribution in [2.75, 3.05) is 5.32 Å². The number of hydrogen-bond donors (Lipinski definition) is 2. The molecule has 2 N–H and O–H groups in total. The fourth-order valence-corrected chi connectivity index (χ4v) is 3.69. The van der Waals surface area contributed by atoms with Crippen LogP contribution in [0.2, 0.25) is 0 Å². The van der Waals surface area contributed by atoms with Gasteiger partial charge in [0.25, 0.3) is 0 Å². The van der Waals surface area contributed by atoms with Gasteiger partial charge < -0.3 is 10.4 Å². The van der Waals surface area contributed by atoms with Crippen molar-refractivity contribution in [3.63, 3.8) is 0 Å². The first-order valence-corrected chi connectivity index (χ1v) is 8.82. The molecule has 6 heteroatoms. The van der Waals surface area contributed by atoms with Crippen LogP contribution in [0, 0.1) is 5.82 Å². The molecule has 2 heterocycles. The molecule has 5 rings (SSSR count). The Bertz CT molecular complexity index is 1120. The number of aliphatic hydroxyl groups is 1. The molecule has 5 nitrogen and oxygen atoms in total. The van der Waals surface area contributed by atoms with Crippen LogP contribution in [-0.2, 0) is 6.42 Å². The van der Waals surface area contributed by atoms with Gasteiger partial charge in [0.1, 0.15) is 11.6 Å². The number of rotatable bonds is 3. The Morgan fingerprint density at radius 2 is 1.89 bits per heavy atom. The first-order valence-electron chi connectivity index (χ1n) is 8.82. The van der Waals surface area contributed by atoms with Crippen LogP contribution in [0.15, 0.2) is 66.9 Å². The zero-order valence-electron chi connectivity index (χ0n) is 14.4. The Kier molecular flexibility index (Phi) is 3.65. The Hall–Kier alpha value is -3.25. The Morgan fingerprint density at radius 1 is 1.07 bits per heavy atom. The molecule has 2 aromatic carbocycles. The number of aliphatic hydroxyl groups excluding tert-OH is 1. The lowest BCUT2D eigenvalue weighted by atomic mass is 10.1. The summed E-state index contributed by atoms with van der Waals surface area (Å²) in [6.07, 6.45) is 1.78. The molecule has 0 saturated carbocycles. The van der Waals surface area contributed by atoms with Crippen LogP contribution >= 0.6 is 0 Å². The number of aromatic nitrogens is 3. The predicted octanol–water partition coefficient (Wildman–Crippen LogP) is 3.61. The normalized spacial score (nSPS) is 18.6. The van der Waals surface area contributed by atoms with Gasteiger partial charge in [0, 0.05) is 24.1 Å². The molecule has 2 aromatic heterocycles. The molecule has 1 aliphatic carbocycles. The lowest BCUT2D eigenvalue weighted by Crippen LogP contribution is -2.22. The number of benzene rings is 2. The second-order valence-corrected chi connectivity index (χ2v) is 6.73. The van der Waals surface area contributed by atoms with Crippen molar-refractivity contribution < 1.29 is 9.50 Å². The summed E-state index contributed by atoms with van der Waals surface area (Å²) in [5, 5.41) is 18.3. The van der Waals surface area contributed by atoms with Gasteiger partial charge in [-0.25, -0.2) is 9.37 Å². The predicted molar refractivity (Wildman–Crippen MR) is 101 cm³/mol. The van der Waals surface area contributed by atoms with Crippen LogP contribution in [-0.4, -0.2) is 25.8 Å². The number of nitrogens with zero attached hydrogens (tertiary/aromatic N) is 3. The van der Waals surface area contributed by atoms with Crippen molar-refractivity contribution in [3.05, 3.63) is 83.8 Å². The molecule has 0 spiro atoms. The summed E-state index contributed by atoms with van der Waals surface area (Å²) < 4.78 is 15.0. The Labute approximate surface area is 155 Å². The monoisotopic (exact) mass is 360 g/mol. The lowest BCUT2D eigenvalue weighted by Gasteiger charge is -2.20. The highest BCUT2D eigenvalue weighted by Crippen LogP contribution is 2.34. The molecule has 134 valence electrons. The first-order chi connectivity index (χ1) is 13.2. The molecule has 0 saturated heterocycles. The van der Waals surface area contributed by atoms with Gasteiger partial charge in [-0.05, 0) is 35.4 Å². The number of halogens is 1. The van der Waals surface area contributed by atoms with Gasteiger partial charge in [0.15, 0.2) is 5.65 Å². The molecule has 0 bridgehead atoms. The molecule has 2 atom stereocenters. The molecule has 4 aromatic rings. The number of hydrogen-bond acceptors (Lipinski definition) is 4. The van der Waals surface area contributed by atoms with Crippen molar-refractivity contribution in [2.24, 2.45) is 0 Å². The third kappa shape index (κ3) is 2.74. The maximum absolute atomic E-state index is 13.3. The fraction of sp³-hybridized carbons (Fsp3) is 0.143. The summed E-state index contributed by atoms with van der Waals surface area (Å²) in [4.78, 5) is 4.61. The van der Waals surface area contributed by atoms with Gasteiger partial charge >= 0.3 is 0 Å². The van der Waals surface area contributed by atoms with Gasteiger partial charge in [-0.3, -0.25) is 0 Å². The molecule has 0 aliphatic heterocycles. The second kappa shape index (κ2) is 6.17. The van der Waals surface area contributed by atoms with Crippen LogP contribution in [0.1, 0.15) is 17.2 Å². The summed E-state index contributed by atoms with van der Waals surface area (Å²) in [6, 6.07) is 17.7. The minimum atomic E-state index is -0.518. The summed E-state index contributed by atoms with van der Waals surface area (Å²) in [7, 11) is 0. The van der Waals surface area contributed by atoms with Gasteiger partial charge in [-0.15, -0.1) is 0 Å². The van der Waals surface area contributed by atoms with Crippen molar-refractivity contribution in [3.8, 4) is 11.3 Å². The van der Waals surface area contributed by atoms with E-state index in [-0.39, 0.29) is 11.9 Å². The smallest absolute Gasteiger partial charge is 0.157 e. The van der Waals surface area contributed by atoms with Crippen LogP contribution in [0.5, 0.6) is 0 Å². The van der Waals surface area contributed by atoms with Crippen molar-refractivity contribution in [2.45, 2.75) is 18.6 Å². The molecular weight excluding hydrogens is 343 g/mol. The third-order valence-electron chi connectivity index (χ3n) is 5.01. The van der Waals surface area contributed by atoms with E-state index in [0.717, 1.165) is 22.5 Å². The van der Waals surface area contributed by atoms with Crippen LogP contribution in [0.4, 0.5) is 10.2 Å². The largest absolute Gasteiger partial charge is 0.390 e. The average Bonchev–Trinajstić information content (AvgIpc) is 3.27. The third-order valence-corrected chi connectivity index (χ3v) is 5.01. The number of fused-ring (bicyclic) bond motifs is 2. The Morgan fingerprint density at radius 3 is 2.74 bits per heavy atom. The molecule has 0 radical (unpaired) electrons. The van der Waals surface area contributed by atoms with E-state index in [9.17, 15) is 9.50 Å². The van der Waals surface area contributed by atoms with E-state index in [2.05, 4.69) is 15.4 Å². The summed E-state index contributed by atoms with van der Waals surface area (Å²) in [6.45, 7) is 0. The highest BCUT2D eigenvalue weighted by Gasteiger charge is 2.31. The molecule has 27 heavy (non-hydrogen) atoms. The SMILES string of the molecule is O[C@@H]1Cc2ccccc2[C@H]1Nc1cc(-c2ccc(F)cc2)nc2ccnn12. The van der Waals surface area contributed by atoms with Crippen LogP contribution in [0.25, 0.3) is 16.9 Å². The zero-order chi connectivity index (χ0) is 18.4. The van der Waals surface area contributed by atoms with Gasteiger partial charge in [-0.2, -0.15) is 9.61 Å². The van der Waals surface area contributed by atoms with Crippen molar-refractivity contribution in [1.82, 2.24) is 14.6 Å². The van der Waals surface area contributed by atoms with Crippen molar-refractivity contribution >= 4 is 11.5 Å². The topological polar surface area (TPSA) is 62.5 Å². The standard InChI is InChI=1S/C21H17FN4O/c22-15-7-5-13(6-8-15)17-12-20(26-19(24-17)9-10-23-26)25-21-16-4-2-1-3-14(16)11-18(21)27/h1-10,12,18,21,25,27H,11H2/t18-,21-/m1/s1. The minimum absolute atomic E-state index is 0.225. The van der Waals surface area contributed by atoms with Crippen molar-refractivity contribution in [1.29, 1.82) is 0 Å². The van der Waals surface area contributed by atoms with Crippen LogP contribution < -0.4 is 5.32 Å². The molecular formula is C21H17FN4O. The zero-order valence-corrected chi connectivity index (χ0v) is 14.4. The highest BCUT2D eigenvalue weighted by atomic mass is 19.1. The molecule has 0 fully saturated rings. The van der Waals surface area contributed by atoms with E-state index in [1.165, 1.54) is 12.1 Å². The van der Waals surface area contributed by atoms with Gasteiger partial charge in [0.2, 0.25) is 0 Å². The van der Waals surface area contributed by atoms with Crippen LogP contribution in [0.3, 0.4) is 0 Å². The van der Waals surface area contributed by atoms with E-state index < -0.39 is 6.10 Å². The quantitative estimate of drug-likeness (QED) is 0.586. The number of nitrogens with one attached hydrogen (secondary N) is 1. The lowest BCUT2D eigenvalue weighted by molar-refractivity contribution is 0.165. The number of anilines is 1. The average molecular weight is 360 g/mol. The fourth-order valence-electron chi connectivity index (χ4n) is 3.69. The van der Waals surface area contributed by atoms with E-state index in [1.807, 2.05) is 36.4 Å². The highest BCUT2D eigenvalue weighted by molar-refractivity contribution is 5.66. The minimum Gasteiger partial charge on any atom is -0.390 e. The first kappa shape index (κ1) is 16.0. The van der Waals surface area contributed by atoms with E-state index in [4.69, 9.17) is 0 Å². The van der Waals surface area contributed by atoms with Gasteiger partial charge in [0.05, 0.1) is 24.0 Å². The molecule has 0 amide bonds. The van der Waals surface area contributed by atoms with Gasteiger partial charge in [-0.1, -0.05) is 24.3 Å². The maximum atomic E-state index is 13.3. The summed E-state index contributed by atoms with van der Waals surface area (Å²) in [5.74, 6) is 0.443. The second-order valence-electron chi connectivity index (χ2n) is 6.73. The van der Waals surface area contributed by atoms with E-state index in [0.29, 0.717) is 17.8 Å². The molecule has 1 aliphatic rings. The maximum Gasteiger partial charge on any atom is 0.157 e. The Balaban J connectivity index is 1.59. The van der Waals surface area contributed by atoms with E-state index >= 15 is 0 Å². The van der Waals surface area contributed by atoms with E-state index in [1.54, 1.807) is 22.8 Å². The summed E-state index contributed by atoms with van der Waals surface area (Å²) in [5.41, 5.74) is 4.44.